The zero-order valence-electron chi connectivity index (χ0n) is 17.1. The van der Waals surface area contributed by atoms with Crippen LogP contribution < -0.4 is 5.32 Å². The van der Waals surface area contributed by atoms with E-state index in [1.807, 2.05) is 48.5 Å². The van der Waals surface area contributed by atoms with Crippen LogP contribution >= 0.6 is 22.9 Å². The van der Waals surface area contributed by atoms with Gasteiger partial charge in [0.25, 0.3) is 11.8 Å². The molecule has 0 radical (unpaired) electrons. The largest absolute Gasteiger partial charge is 0.348 e. The number of nitrogens with zero attached hydrogens (tertiary/aromatic N) is 2. The summed E-state index contributed by atoms with van der Waals surface area (Å²) in [5, 5.41) is 3.77. The van der Waals surface area contributed by atoms with Gasteiger partial charge in [-0.05, 0) is 42.0 Å². The Kier molecular flexibility index (Phi) is 6.02. The third kappa shape index (κ3) is 4.60. The monoisotopic (exact) mass is 449 g/mol. The zero-order chi connectivity index (χ0) is 22.0. The van der Waals surface area contributed by atoms with Gasteiger partial charge in [0.2, 0.25) is 0 Å². The molecule has 156 valence electrons. The van der Waals surface area contributed by atoms with Crippen LogP contribution in [0, 0.1) is 0 Å². The minimum Gasteiger partial charge on any atom is -0.348 e. The van der Waals surface area contributed by atoms with E-state index in [-0.39, 0.29) is 11.8 Å². The Hall–Kier alpha value is -3.22. The maximum absolute atomic E-state index is 13.1. The molecule has 0 fully saturated rings. The second-order valence-electron chi connectivity index (χ2n) is 7.26. The number of benzene rings is 2. The number of fused-ring (bicyclic) bond motifs is 1. The van der Waals surface area contributed by atoms with Gasteiger partial charge in [-0.25, -0.2) is 4.98 Å². The van der Waals surface area contributed by atoms with E-state index in [2.05, 4.69) is 5.32 Å². The van der Waals surface area contributed by atoms with Crippen LogP contribution in [0.4, 0.5) is 0 Å². The van der Waals surface area contributed by atoms with Gasteiger partial charge >= 0.3 is 0 Å². The second-order valence-corrected chi connectivity index (χ2v) is 8.97. The quantitative estimate of drug-likeness (QED) is 0.452. The summed E-state index contributed by atoms with van der Waals surface area (Å²) in [6.45, 7) is 0.353. The number of carbonyl (C=O) groups is 2. The van der Waals surface area contributed by atoms with E-state index in [0.29, 0.717) is 27.7 Å². The molecular formula is C24H20ClN3O2S. The van der Waals surface area contributed by atoms with Crippen molar-refractivity contribution in [3.63, 3.8) is 0 Å². The van der Waals surface area contributed by atoms with Gasteiger partial charge < -0.3 is 10.2 Å². The molecule has 0 aliphatic heterocycles. The van der Waals surface area contributed by atoms with Gasteiger partial charge in [-0.15, -0.1) is 11.3 Å². The Morgan fingerprint density at radius 2 is 1.77 bits per heavy atom. The summed E-state index contributed by atoms with van der Waals surface area (Å²) in [5.74, 6) is -0.240. The fourth-order valence-electron chi connectivity index (χ4n) is 3.24. The number of halogens is 1. The number of hydrogen-bond donors (Lipinski definition) is 1. The normalized spacial score (nSPS) is 10.8. The van der Waals surface area contributed by atoms with Gasteiger partial charge in [0, 0.05) is 31.6 Å². The Labute approximate surface area is 189 Å². The van der Waals surface area contributed by atoms with E-state index in [0.717, 1.165) is 21.3 Å². The fraction of sp³-hybridized carbons (Fsp3) is 0.125. The van der Waals surface area contributed by atoms with Crippen molar-refractivity contribution in [1.82, 2.24) is 15.2 Å². The van der Waals surface area contributed by atoms with Crippen molar-refractivity contribution in [2.75, 3.05) is 14.1 Å². The third-order valence-electron chi connectivity index (χ3n) is 4.85. The molecule has 2 aromatic heterocycles. The first-order chi connectivity index (χ1) is 14.9. The molecule has 1 N–H and O–H groups in total. The molecule has 0 saturated heterocycles. The van der Waals surface area contributed by atoms with Crippen molar-refractivity contribution < 1.29 is 9.59 Å². The molecule has 7 heteroatoms. The van der Waals surface area contributed by atoms with Crippen LogP contribution in [0.3, 0.4) is 0 Å². The summed E-state index contributed by atoms with van der Waals surface area (Å²) < 4.78 is 0.673. The highest BCUT2D eigenvalue weighted by molar-refractivity contribution is 7.19. The maximum Gasteiger partial charge on any atom is 0.253 e. The highest BCUT2D eigenvalue weighted by atomic mass is 35.5. The standard InChI is InChI=1S/C24H20ClN3O2S/c1-28(2)24(30)16-9-7-15(8-10-16)14-26-23(29)18-13-20(21-11-12-22(25)31-21)27-19-6-4-3-5-17(18)19/h3-13H,14H2,1-2H3,(H,26,29). The van der Waals surface area contributed by atoms with E-state index >= 15 is 0 Å². The summed E-state index contributed by atoms with van der Waals surface area (Å²) in [6, 6.07) is 20.3. The van der Waals surface area contributed by atoms with Crippen molar-refractivity contribution in [3.05, 3.63) is 87.8 Å². The fourth-order valence-corrected chi connectivity index (χ4v) is 4.25. The van der Waals surface area contributed by atoms with Gasteiger partial charge in [0.15, 0.2) is 0 Å². The topological polar surface area (TPSA) is 62.3 Å². The first kappa shape index (κ1) is 21.0. The molecule has 2 heterocycles. The lowest BCUT2D eigenvalue weighted by Crippen LogP contribution is -2.24. The molecule has 0 saturated carbocycles. The number of para-hydroxylation sites is 1. The van der Waals surface area contributed by atoms with Crippen LogP contribution in [0.2, 0.25) is 4.34 Å². The predicted molar refractivity (Wildman–Crippen MR) is 126 cm³/mol. The molecule has 2 aromatic carbocycles. The number of amides is 2. The summed E-state index contributed by atoms with van der Waals surface area (Å²) in [6.07, 6.45) is 0. The lowest BCUT2D eigenvalue weighted by molar-refractivity contribution is 0.0827. The maximum atomic E-state index is 13.1. The number of nitrogens with one attached hydrogen (secondary N) is 1. The summed E-state index contributed by atoms with van der Waals surface area (Å²) in [4.78, 5) is 32.2. The van der Waals surface area contributed by atoms with Crippen LogP contribution in [0.5, 0.6) is 0 Å². The minimum atomic E-state index is -0.184. The third-order valence-corrected chi connectivity index (χ3v) is 6.10. The Balaban J connectivity index is 1.58. The molecular weight excluding hydrogens is 430 g/mol. The van der Waals surface area contributed by atoms with E-state index in [9.17, 15) is 9.59 Å². The number of carbonyl (C=O) groups excluding carboxylic acids is 2. The molecule has 0 unspecified atom stereocenters. The average molecular weight is 450 g/mol. The van der Waals surface area contributed by atoms with Crippen molar-refractivity contribution in [2.24, 2.45) is 0 Å². The highest BCUT2D eigenvalue weighted by Gasteiger charge is 2.15. The smallest absolute Gasteiger partial charge is 0.253 e. The Morgan fingerprint density at radius 1 is 1.03 bits per heavy atom. The van der Waals surface area contributed by atoms with Gasteiger partial charge in [-0.2, -0.15) is 0 Å². The first-order valence-corrected chi connectivity index (χ1v) is 10.9. The van der Waals surface area contributed by atoms with E-state index in [1.165, 1.54) is 16.2 Å². The van der Waals surface area contributed by atoms with Gasteiger partial charge in [0.1, 0.15) is 0 Å². The highest BCUT2D eigenvalue weighted by Crippen LogP contribution is 2.32. The van der Waals surface area contributed by atoms with Crippen LogP contribution in [0.25, 0.3) is 21.5 Å². The molecule has 31 heavy (non-hydrogen) atoms. The molecule has 2 amide bonds. The molecule has 0 spiro atoms. The molecule has 0 bridgehead atoms. The number of aromatic nitrogens is 1. The van der Waals surface area contributed by atoms with Crippen molar-refractivity contribution >= 4 is 45.7 Å². The summed E-state index contributed by atoms with van der Waals surface area (Å²) in [7, 11) is 3.43. The Morgan fingerprint density at radius 3 is 2.45 bits per heavy atom. The number of hydrogen-bond acceptors (Lipinski definition) is 4. The predicted octanol–water partition coefficient (Wildman–Crippen LogP) is 5.25. The van der Waals surface area contributed by atoms with Gasteiger partial charge in [0.05, 0.1) is 26.0 Å². The van der Waals surface area contributed by atoms with Crippen LogP contribution in [-0.4, -0.2) is 35.8 Å². The summed E-state index contributed by atoms with van der Waals surface area (Å²) in [5.41, 5.74) is 3.55. The Bertz CT molecular complexity index is 1270. The molecule has 0 atom stereocenters. The lowest BCUT2D eigenvalue weighted by atomic mass is 10.1. The number of thiophene rings is 1. The molecule has 4 aromatic rings. The average Bonchev–Trinajstić information content (AvgIpc) is 3.22. The number of rotatable bonds is 5. The zero-order valence-corrected chi connectivity index (χ0v) is 18.6. The van der Waals surface area contributed by atoms with Crippen molar-refractivity contribution in [1.29, 1.82) is 0 Å². The van der Waals surface area contributed by atoms with E-state index in [4.69, 9.17) is 16.6 Å². The number of pyridine rings is 1. The lowest BCUT2D eigenvalue weighted by Gasteiger charge is -2.12. The minimum absolute atomic E-state index is 0.0555. The molecule has 0 aliphatic rings. The molecule has 5 nitrogen and oxygen atoms in total. The first-order valence-electron chi connectivity index (χ1n) is 9.66. The van der Waals surface area contributed by atoms with Crippen molar-refractivity contribution in [2.45, 2.75) is 6.54 Å². The molecule has 0 aliphatic carbocycles. The van der Waals surface area contributed by atoms with E-state index < -0.39 is 0 Å². The summed E-state index contributed by atoms with van der Waals surface area (Å²) >= 11 is 7.51. The SMILES string of the molecule is CN(C)C(=O)c1ccc(CNC(=O)c2cc(-c3ccc(Cl)s3)nc3ccccc23)cc1. The van der Waals surface area contributed by atoms with E-state index in [1.54, 1.807) is 32.3 Å². The van der Waals surface area contributed by atoms with Gasteiger partial charge in [-0.3, -0.25) is 9.59 Å². The van der Waals surface area contributed by atoms with Crippen LogP contribution in [0.1, 0.15) is 26.3 Å². The van der Waals surface area contributed by atoms with Gasteiger partial charge in [-0.1, -0.05) is 41.9 Å². The van der Waals surface area contributed by atoms with Crippen LogP contribution in [-0.2, 0) is 6.54 Å². The van der Waals surface area contributed by atoms with Crippen LogP contribution in [0.15, 0.2) is 66.7 Å². The molecule has 4 rings (SSSR count). The van der Waals surface area contributed by atoms with Crippen molar-refractivity contribution in [3.8, 4) is 10.6 Å². The second kappa shape index (κ2) is 8.88.